The number of carbonyl (C=O) groups excluding carboxylic acids is 2. The SMILES string of the molecule is CC(C)n1c(=O)c(C(=O)NC2C[C@H]3CC[C@@H](C2)N3CCCN2CCC[C@@H]2C(N)=O)cc2ccccc21.O=C(O)C(F)(F)F. The van der Waals surface area contributed by atoms with Gasteiger partial charge in [-0.2, -0.15) is 13.2 Å². The molecule has 4 heterocycles. The number of amides is 2. The molecule has 1 aromatic carbocycles. The molecule has 3 aliphatic heterocycles. The molecule has 2 bridgehead atoms. The highest BCUT2D eigenvalue weighted by molar-refractivity contribution is 5.97. The van der Waals surface area contributed by atoms with E-state index in [1.54, 1.807) is 10.6 Å². The van der Waals surface area contributed by atoms with Crippen LogP contribution in [-0.2, 0) is 9.59 Å². The Kier molecular flexibility index (Phi) is 10.2. The molecule has 13 heteroatoms. The van der Waals surface area contributed by atoms with Crippen molar-refractivity contribution in [2.45, 2.75) is 95.2 Å². The molecule has 2 amide bonds. The van der Waals surface area contributed by atoms with Crippen molar-refractivity contribution < 1.29 is 32.7 Å². The second-order valence-electron chi connectivity index (χ2n) is 11.9. The van der Waals surface area contributed by atoms with Gasteiger partial charge in [0.2, 0.25) is 5.91 Å². The van der Waals surface area contributed by atoms with Crippen LogP contribution in [0.15, 0.2) is 35.1 Å². The summed E-state index contributed by atoms with van der Waals surface area (Å²) in [6, 6.07) is 10.4. The normalized spacial score (nSPS) is 24.1. The summed E-state index contributed by atoms with van der Waals surface area (Å²) in [5, 5.41) is 11.2. The number of para-hydroxylation sites is 1. The molecule has 236 valence electrons. The summed E-state index contributed by atoms with van der Waals surface area (Å²) in [7, 11) is 0. The third-order valence-electron chi connectivity index (χ3n) is 8.72. The van der Waals surface area contributed by atoms with Crippen molar-refractivity contribution in [3.63, 3.8) is 0 Å². The van der Waals surface area contributed by atoms with Gasteiger partial charge in [0.1, 0.15) is 5.56 Å². The molecule has 0 radical (unpaired) electrons. The number of fused-ring (bicyclic) bond motifs is 3. The van der Waals surface area contributed by atoms with Crippen molar-refractivity contribution in [3.8, 4) is 0 Å². The van der Waals surface area contributed by atoms with Gasteiger partial charge in [-0.3, -0.25) is 24.2 Å². The molecule has 0 aliphatic carbocycles. The van der Waals surface area contributed by atoms with Crippen LogP contribution in [0.2, 0.25) is 0 Å². The number of nitrogens with one attached hydrogen (secondary N) is 1. The first-order valence-electron chi connectivity index (χ1n) is 14.8. The van der Waals surface area contributed by atoms with E-state index in [0.29, 0.717) is 12.1 Å². The van der Waals surface area contributed by atoms with Crippen molar-refractivity contribution in [1.82, 2.24) is 19.7 Å². The zero-order chi connectivity index (χ0) is 31.5. The maximum absolute atomic E-state index is 13.3. The minimum atomic E-state index is -5.08. The number of aromatic nitrogens is 1. The highest BCUT2D eigenvalue weighted by Gasteiger charge is 2.41. The highest BCUT2D eigenvalue weighted by Crippen LogP contribution is 2.36. The van der Waals surface area contributed by atoms with Crippen LogP contribution in [0.25, 0.3) is 10.9 Å². The second kappa shape index (κ2) is 13.5. The van der Waals surface area contributed by atoms with Gasteiger partial charge in [0.05, 0.1) is 11.6 Å². The largest absolute Gasteiger partial charge is 0.490 e. The molecular formula is C30H40F3N5O5. The van der Waals surface area contributed by atoms with Crippen molar-refractivity contribution in [1.29, 1.82) is 0 Å². The molecule has 5 rings (SSSR count). The fraction of sp³-hybridized carbons (Fsp3) is 0.600. The first-order chi connectivity index (χ1) is 20.3. The Labute approximate surface area is 248 Å². The van der Waals surface area contributed by atoms with E-state index < -0.39 is 12.1 Å². The first-order valence-corrected chi connectivity index (χ1v) is 14.8. The number of carbonyl (C=O) groups is 3. The Bertz CT molecular complexity index is 1380. The maximum atomic E-state index is 13.3. The lowest BCUT2D eigenvalue weighted by molar-refractivity contribution is -0.192. The number of carboxylic acid groups (broad SMARTS) is 1. The lowest BCUT2D eigenvalue weighted by Gasteiger charge is -2.39. The Morgan fingerprint density at radius 3 is 2.28 bits per heavy atom. The van der Waals surface area contributed by atoms with Gasteiger partial charge in [0.15, 0.2) is 0 Å². The fourth-order valence-electron chi connectivity index (χ4n) is 6.85. The van der Waals surface area contributed by atoms with E-state index in [2.05, 4.69) is 15.1 Å². The number of nitrogens with zero attached hydrogens (tertiary/aromatic N) is 3. The molecule has 0 saturated carbocycles. The Morgan fingerprint density at radius 2 is 1.70 bits per heavy atom. The number of primary amides is 1. The minimum Gasteiger partial charge on any atom is -0.475 e. The van der Waals surface area contributed by atoms with Gasteiger partial charge in [-0.25, -0.2) is 4.79 Å². The average Bonchev–Trinajstić information content (AvgIpc) is 3.49. The summed E-state index contributed by atoms with van der Waals surface area (Å²) < 4.78 is 33.5. The van der Waals surface area contributed by atoms with E-state index in [0.717, 1.165) is 75.5 Å². The molecule has 3 aliphatic rings. The summed E-state index contributed by atoms with van der Waals surface area (Å²) in [6.07, 6.45) is 2.01. The third-order valence-corrected chi connectivity index (χ3v) is 8.72. The number of alkyl halides is 3. The molecule has 43 heavy (non-hydrogen) atoms. The van der Waals surface area contributed by atoms with E-state index >= 15 is 0 Å². The Balaban J connectivity index is 0.000000541. The van der Waals surface area contributed by atoms with E-state index in [4.69, 9.17) is 15.6 Å². The quantitative estimate of drug-likeness (QED) is 0.419. The fourth-order valence-corrected chi connectivity index (χ4v) is 6.85. The van der Waals surface area contributed by atoms with E-state index in [1.807, 2.05) is 38.1 Å². The number of aliphatic carboxylic acids is 1. The maximum Gasteiger partial charge on any atom is 0.490 e. The smallest absolute Gasteiger partial charge is 0.475 e. The number of piperidine rings is 1. The summed E-state index contributed by atoms with van der Waals surface area (Å²) in [4.78, 5) is 52.0. The number of benzene rings is 1. The van der Waals surface area contributed by atoms with Crippen LogP contribution in [0.3, 0.4) is 0 Å². The standard InChI is InChI=1S/C28H39N5O3.C2HF3O2/c1-18(2)33-24-8-4-3-7-19(24)15-23(28(33)36)27(35)30-20-16-21-10-11-22(17-20)32(21)14-6-13-31-12-5-9-25(31)26(29)34;3-2(4,5)1(6)7/h3-4,7-8,15,18,20-22,25H,5-6,9-14,16-17H2,1-2H3,(H2,29,34)(H,30,35);(H,6,7)/t20?,21-,22+,25-;/m1./s1. The van der Waals surface area contributed by atoms with Crippen LogP contribution in [0.4, 0.5) is 13.2 Å². The molecule has 0 spiro atoms. The van der Waals surface area contributed by atoms with Crippen molar-refractivity contribution in [2.24, 2.45) is 5.73 Å². The molecule has 10 nitrogen and oxygen atoms in total. The molecule has 3 fully saturated rings. The number of likely N-dealkylation sites (tertiary alicyclic amines) is 1. The van der Waals surface area contributed by atoms with Crippen LogP contribution < -0.4 is 16.6 Å². The van der Waals surface area contributed by atoms with Gasteiger partial charge in [-0.15, -0.1) is 0 Å². The van der Waals surface area contributed by atoms with Crippen LogP contribution in [0, 0.1) is 0 Å². The zero-order valence-corrected chi connectivity index (χ0v) is 24.5. The van der Waals surface area contributed by atoms with Crippen LogP contribution >= 0.6 is 0 Å². The predicted octanol–water partition coefficient (Wildman–Crippen LogP) is 3.28. The number of pyridine rings is 1. The van der Waals surface area contributed by atoms with Crippen molar-refractivity contribution in [3.05, 3.63) is 46.2 Å². The van der Waals surface area contributed by atoms with Crippen molar-refractivity contribution >= 4 is 28.7 Å². The molecule has 4 atom stereocenters. The lowest BCUT2D eigenvalue weighted by Crippen LogP contribution is -2.51. The first kappa shape index (κ1) is 32.5. The van der Waals surface area contributed by atoms with Gasteiger partial charge in [-0.05, 0) is 89.4 Å². The summed E-state index contributed by atoms with van der Waals surface area (Å²) >= 11 is 0. The van der Waals surface area contributed by atoms with Gasteiger partial charge in [0.25, 0.3) is 11.5 Å². The molecular weight excluding hydrogens is 567 g/mol. The lowest BCUT2D eigenvalue weighted by atomic mass is 9.96. The zero-order valence-electron chi connectivity index (χ0n) is 24.5. The van der Waals surface area contributed by atoms with Crippen LogP contribution in [0.5, 0.6) is 0 Å². The highest BCUT2D eigenvalue weighted by atomic mass is 19.4. The molecule has 3 saturated heterocycles. The Hall–Kier alpha value is -3.45. The third kappa shape index (κ3) is 7.56. The average molecular weight is 608 g/mol. The van der Waals surface area contributed by atoms with Gasteiger partial charge in [0, 0.05) is 30.7 Å². The predicted molar refractivity (Wildman–Crippen MR) is 155 cm³/mol. The Morgan fingerprint density at radius 1 is 1.07 bits per heavy atom. The van der Waals surface area contributed by atoms with Gasteiger partial charge in [-0.1, -0.05) is 18.2 Å². The number of halogens is 3. The number of nitrogens with two attached hydrogens (primary N) is 1. The summed E-state index contributed by atoms with van der Waals surface area (Å²) in [5.74, 6) is -3.22. The molecule has 1 aromatic heterocycles. The van der Waals surface area contributed by atoms with Gasteiger partial charge >= 0.3 is 12.1 Å². The van der Waals surface area contributed by atoms with Crippen LogP contribution in [0.1, 0.15) is 75.2 Å². The number of hydrogen-bond acceptors (Lipinski definition) is 6. The minimum absolute atomic E-state index is 0.0342. The summed E-state index contributed by atoms with van der Waals surface area (Å²) in [5.41, 5.74) is 6.43. The topological polar surface area (TPSA) is 138 Å². The van der Waals surface area contributed by atoms with Crippen molar-refractivity contribution in [2.75, 3.05) is 19.6 Å². The monoisotopic (exact) mass is 607 g/mol. The van der Waals surface area contributed by atoms with Crippen LogP contribution in [-0.4, -0.2) is 87.2 Å². The molecule has 2 aromatic rings. The van der Waals surface area contributed by atoms with E-state index in [9.17, 15) is 27.6 Å². The van der Waals surface area contributed by atoms with Gasteiger partial charge < -0.3 is 20.7 Å². The number of rotatable bonds is 8. The van der Waals surface area contributed by atoms with E-state index in [1.165, 1.54) is 0 Å². The second-order valence-corrected chi connectivity index (χ2v) is 11.9. The summed E-state index contributed by atoms with van der Waals surface area (Å²) in [6.45, 7) is 6.83. The van der Waals surface area contributed by atoms with E-state index in [-0.39, 0.29) is 41.1 Å². The number of carboxylic acids is 1. The molecule has 1 unspecified atom stereocenters. The molecule has 4 N–H and O–H groups in total. The number of hydrogen-bond donors (Lipinski definition) is 3.